The number of carbonyl (C=O) groups excluding carboxylic acids is 3. The Balaban J connectivity index is 1.10. The van der Waals surface area contributed by atoms with Crippen LogP contribution in [-0.4, -0.2) is 89.3 Å². The zero-order valence-corrected chi connectivity index (χ0v) is 28.0. The highest BCUT2D eigenvalue weighted by Crippen LogP contribution is 2.47. The topological polar surface area (TPSA) is 88.8 Å². The molecule has 1 saturated carbocycles. The maximum Gasteiger partial charge on any atom is 0.242 e. The van der Waals surface area contributed by atoms with Gasteiger partial charge in [-0.2, -0.15) is 0 Å². The molecule has 2 N–H and O–H groups in total. The summed E-state index contributed by atoms with van der Waals surface area (Å²) in [5.74, 6) is 0.980. The SMILES string of the molecule is Cc1cc(C)cc(-c2[nH]c3sc(C(C)(C)CC4C5CCC4C(=O)N5)cc3c2CCN2CCN(CC(=O)N3CCCC3)C(=O)C2)c1. The molecule has 0 spiro atoms. The van der Waals surface area contributed by atoms with E-state index >= 15 is 0 Å². The van der Waals surface area contributed by atoms with E-state index in [1.54, 1.807) is 4.90 Å². The highest BCUT2D eigenvalue weighted by Gasteiger charge is 2.49. The number of fused-ring (bicyclic) bond motifs is 3. The first-order valence-corrected chi connectivity index (χ1v) is 17.7. The molecule has 1 aliphatic carbocycles. The Morgan fingerprint density at radius 1 is 1.00 bits per heavy atom. The standard InChI is InChI=1S/C36H47N5O3S/c1-22-15-23(2)17-24(16-22)33-25(9-12-39-13-14-41(31(42)20-39)21-32(43)40-10-5-6-11-40)27-18-30(45-35(27)38-33)36(3,4)19-28-26-7-8-29(28)37-34(26)44/h15-18,26,28-29,38H,5-14,19-21H2,1-4H3,(H,37,44). The number of piperazine rings is 1. The smallest absolute Gasteiger partial charge is 0.242 e. The number of H-pyrrole nitrogens is 1. The van der Waals surface area contributed by atoms with Crippen LogP contribution in [0, 0.1) is 25.7 Å². The van der Waals surface area contributed by atoms with Crippen LogP contribution in [0.15, 0.2) is 24.3 Å². The Labute approximate surface area is 270 Å². The van der Waals surface area contributed by atoms with Gasteiger partial charge in [-0.1, -0.05) is 31.0 Å². The lowest BCUT2D eigenvalue weighted by molar-refractivity contribution is -0.143. The van der Waals surface area contributed by atoms with Gasteiger partial charge in [0.15, 0.2) is 0 Å². The number of piperidine rings is 1. The van der Waals surface area contributed by atoms with Crippen LogP contribution in [0.4, 0.5) is 0 Å². The predicted molar refractivity (Wildman–Crippen MR) is 179 cm³/mol. The number of thiophene rings is 1. The minimum absolute atomic E-state index is 0.0328. The summed E-state index contributed by atoms with van der Waals surface area (Å²) in [6.45, 7) is 13.4. The van der Waals surface area contributed by atoms with Crippen LogP contribution < -0.4 is 5.32 Å². The fourth-order valence-electron chi connectivity index (χ4n) is 8.44. The first-order chi connectivity index (χ1) is 21.6. The van der Waals surface area contributed by atoms with Gasteiger partial charge in [0.1, 0.15) is 4.83 Å². The van der Waals surface area contributed by atoms with Crippen LogP contribution in [0.3, 0.4) is 0 Å². The number of aryl methyl sites for hydroxylation is 2. The lowest BCUT2D eigenvalue weighted by Gasteiger charge is -2.34. The Hall–Kier alpha value is -3.17. The number of carbonyl (C=O) groups is 3. The first-order valence-electron chi connectivity index (χ1n) is 16.9. The number of hydrogen-bond donors (Lipinski definition) is 2. The Kier molecular flexibility index (Phi) is 8.05. The van der Waals surface area contributed by atoms with Crippen LogP contribution in [0.2, 0.25) is 0 Å². The van der Waals surface area contributed by atoms with E-state index in [-0.39, 0.29) is 35.6 Å². The number of nitrogens with zero attached hydrogens (tertiary/aromatic N) is 3. The molecule has 3 aliphatic heterocycles. The van der Waals surface area contributed by atoms with Gasteiger partial charge < -0.3 is 20.1 Å². The second-order valence-corrected chi connectivity index (χ2v) is 15.7. The second-order valence-electron chi connectivity index (χ2n) is 14.7. The van der Waals surface area contributed by atoms with Crippen LogP contribution in [0.25, 0.3) is 21.5 Å². The number of nitrogens with one attached hydrogen (secondary N) is 2. The number of likely N-dealkylation sites (tertiary alicyclic amines) is 1. The van der Waals surface area contributed by atoms with Crippen molar-refractivity contribution in [1.82, 2.24) is 25.0 Å². The van der Waals surface area contributed by atoms with E-state index in [1.807, 2.05) is 16.2 Å². The van der Waals surface area contributed by atoms with Crippen molar-refractivity contribution in [3.8, 4) is 11.3 Å². The normalized spacial score (nSPS) is 24.0. The molecule has 3 aromatic rings. The van der Waals surface area contributed by atoms with Crippen molar-refractivity contribution in [2.75, 3.05) is 45.8 Å². The van der Waals surface area contributed by atoms with Crippen molar-refractivity contribution < 1.29 is 14.4 Å². The molecule has 2 aromatic heterocycles. The summed E-state index contributed by atoms with van der Waals surface area (Å²) in [5.41, 5.74) is 6.16. The molecule has 0 radical (unpaired) electrons. The number of rotatable bonds is 9. The van der Waals surface area contributed by atoms with E-state index in [2.05, 4.69) is 67.2 Å². The molecule has 3 atom stereocenters. The van der Waals surface area contributed by atoms with E-state index in [0.717, 1.165) is 64.7 Å². The molecule has 8 nitrogen and oxygen atoms in total. The number of amides is 3. The summed E-state index contributed by atoms with van der Waals surface area (Å²) in [4.78, 5) is 50.5. The Morgan fingerprint density at radius 2 is 1.76 bits per heavy atom. The minimum Gasteiger partial charge on any atom is -0.353 e. The van der Waals surface area contributed by atoms with Gasteiger partial charge in [0.05, 0.1) is 18.8 Å². The van der Waals surface area contributed by atoms with Crippen molar-refractivity contribution in [2.24, 2.45) is 11.8 Å². The van der Waals surface area contributed by atoms with Crippen LogP contribution in [-0.2, 0) is 26.2 Å². The Morgan fingerprint density at radius 3 is 2.42 bits per heavy atom. The average molecular weight is 630 g/mol. The third kappa shape index (κ3) is 5.94. The van der Waals surface area contributed by atoms with Gasteiger partial charge in [0.2, 0.25) is 17.7 Å². The molecule has 1 aromatic carbocycles. The molecule has 9 heteroatoms. The van der Waals surface area contributed by atoms with Crippen LogP contribution >= 0.6 is 11.3 Å². The van der Waals surface area contributed by atoms with E-state index < -0.39 is 0 Å². The fraction of sp³-hybridized carbons (Fsp3) is 0.583. The van der Waals surface area contributed by atoms with Gasteiger partial charge >= 0.3 is 0 Å². The van der Waals surface area contributed by atoms with Gasteiger partial charge in [-0.3, -0.25) is 19.3 Å². The van der Waals surface area contributed by atoms with Gasteiger partial charge in [0, 0.05) is 54.9 Å². The minimum atomic E-state index is -0.0328. The van der Waals surface area contributed by atoms with Crippen molar-refractivity contribution in [1.29, 1.82) is 0 Å². The molecule has 3 saturated heterocycles. The molecular weight excluding hydrogens is 582 g/mol. The zero-order valence-electron chi connectivity index (χ0n) is 27.2. The number of hydrogen-bond acceptors (Lipinski definition) is 5. The molecule has 45 heavy (non-hydrogen) atoms. The van der Waals surface area contributed by atoms with Crippen molar-refractivity contribution in [3.05, 3.63) is 45.8 Å². The Bertz CT molecular complexity index is 1610. The average Bonchev–Trinajstić information content (AvgIpc) is 3.81. The van der Waals surface area contributed by atoms with Crippen molar-refractivity contribution in [3.63, 3.8) is 0 Å². The summed E-state index contributed by atoms with van der Waals surface area (Å²) in [5, 5.41) is 4.51. The summed E-state index contributed by atoms with van der Waals surface area (Å²) < 4.78 is 0. The summed E-state index contributed by atoms with van der Waals surface area (Å²) in [7, 11) is 0. The summed E-state index contributed by atoms with van der Waals surface area (Å²) >= 11 is 1.86. The lowest BCUT2D eigenvalue weighted by atomic mass is 9.78. The highest BCUT2D eigenvalue weighted by molar-refractivity contribution is 7.18. The van der Waals surface area contributed by atoms with Gasteiger partial charge in [0.25, 0.3) is 0 Å². The molecule has 4 fully saturated rings. The molecule has 4 aliphatic rings. The molecule has 7 rings (SSSR count). The van der Waals surface area contributed by atoms with Crippen molar-refractivity contribution in [2.45, 2.75) is 77.7 Å². The van der Waals surface area contributed by atoms with Crippen LogP contribution in [0.1, 0.15) is 67.5 Å². The number of aromatic amines is 1. The van der Waals surface area contributed by atoms with E-state index in [9.17, 15) is 14.4 Å². The maximum atomic E-state index is 13.1. The monoisotopic (exact) mass is 629 g/mol. The van der Waals surface area contributed by atoms with E-state index in [4.69, 9.17) is 0 Å². The zero-order chi connectivity index (χ0) is 31.5. The van der Waals surface area contributed by atoms with Crippen molar-refractivity contribution >= 4 is 39.3 Å². The third-order valence-electron chi connectivity index (χ3n) is 10.9. The molecule has 3 amide bonds. The summed E-state index contributed by atoms with van der Waals surface area (Å²) in [6.07, 6.45) is 6.11. The lowest BCUT2D eigenvalue weighted by Crippen LogP contribution is -2.53. The fourth-order valence-corrected chi connectivity index (χ4v) is 9.64. The molecule has 240 valence electrons. The van der Waals surface area contributed by atoms with E-state index in [0.29, 0.717) is 25.0 Å². The highest BCUT2D eigenvalue weighted by atomic mass is 32.1. The van der Waals surface area contributed by atoms with Crippen LogP contribution in [0.5, 0.6) is 0 Å². The molecule has 3 unspecified atom stereocenters. The number of benzene rings is 1. The van der Waals surface area contributed by atoms with Gasteiger partial charge in [-0.15, -0.1) is 11.3 Å². The largest absolute Gasteiger partial charge is 0.353 e. The second kappa shape index (κ2) is 11.9. The third-order valence-corrected chi connectivity index (χ3v) is 12.3. The molecule has 2 bridgehead atoms. The van der Waals surface area contributed by atoms with Gasteiger partial charge in [-0.05, 0) is 93.0 Å². The summed E-state index contributed by atoms with van der Waals surface area (Å²) in [6, 6.07) is 9.47. The van der Waals surface area contributed by atoms with Gasteiger partial charge in [-0.25, -0.2) is 0 Å². The predicted octanol–water partition coefficient (Wildman–Crippen LogP) is 5.01. The first kappa shape index (κ1) is 30.5. The number of aromatic nitrogens is 1. The molecule has 5 heterocycles. The quantitative estimate of drug-likeness (QED) is 0.348. The maximum absolute atomic E-state index is 13.1. The molecular formula is C36H47N5O3S. The van der Waals surface area contributed by atoms with E-state index in [1.165, 1.54) is 43.0 Å².